The zero-order chi connectivity index (χ0) is 15.9. The number of nitrogens with zero attached hydrogens (tertiary/aromatic N) is 3. The highest BCUT2D eigenvalue weighted by atomic mass is 16.4. The van der Waals surface area contributed by atoms with E-state index in [1.54, 1.807) is 0 Å². The molecule has 7 heteroatoms. The molecule has 0 unspecified atom stereocenters. The lowest BCUT2D eigenvalue weighted by Crippen LogP contribution is -2.34. The maximum Gasteiger partial charge on any atom is 0.325 e. The van der Waals surface area contributed by atoms with Gasteiger partial charge in [0.25, 0.3) is 5.91 Å². The normalized spacial score (nSPS) is 11.4. The second-order valence-electron chi connectivity index (χ2n) is 6.00. The van der Waals surface area contributed by atoms with Crippen LogP contribution in [0.15, 0.2) is 6.20 Å². The Morgan fingerprint density at radius 3 is 2.71 bits per heavy atom. The molecule has 0 atom stereocenters. The first-order chi connectivity index (χ1) is 9.84. The molecule has 0 bridgehead atoms. The number of aromatic nitrogens is 3. The van der Waals surface area contributed by atoms with Crippen molar-refractivity contribution in [1.29, 1.82) is 0 Å². The monoisotopic (exact) mass is 296 g/mol. The van der Waals surface area contributed by atoms with Gasteiger partial charge >= 0.3 is 5.97 Å². The molecular weight excluding hydrogens is 272 g/mol. The van der Waals surface area contributed by atoms with Gasteiger partial charge in [-0.2, -0.15) is 0 Å². The second-order valence-corrected chi connectivity index (χ2v) is 6.00. The SMILES string of the molecule is CCCCCC(C)(C)CNC(=O)c1cn(CC(=O)O)nn1. The Hall–Kier alpha value is -1.92. The molecule has 1 amide bonds. The fraction of sp³-hybridized carbons (Fsp3) is 0.714. The topological polar surface area (TPSA) is 97.1 Å². The van der Waals surface area contributed by atoms with Crippen LogP contribution < -0.4 is 5.32 Å². The summed E-state index contributed by atoms with van der Waals surface area (Å²) < 4.78 is 1.13. The third-order valence-corrected chi connectivity index (χ3v) is 3.25. The smallest absolute Gasteiger partial charge is 0.325 e. The minimum absolute atomic E-state index is 0.0297. The largest absolute Gasteiger partial charge is 0.480 e. The summed E-state index contributed by atoms with van der Waals surface area (Å²) in [6.45, 7) is 6.65. The number of carboxylic acids is 1. The van der Waals surface area contributed by atoms with E-state index < -0.39 is 5.97 Å². The van der Waals surface area contributed by atoms with Crippen molar-refractivity contribution >= 4 is 11.9 Å². The maximum absolute atomic E-state index is 11.9. The lowest BCUT2D eigenvalue weighted by atomic mass is 9.87. The Labute approximate surface area is 124 Å². The highest BCUT2D eigenvalue weighted by Crippen LogP contribution is 2.22. The number of carboxylic acid groups (broad SMARTS) is 1. The molecule has 1 heterocycles. The van der Waals surface area contributed by atoms with Crippen molar-refractivity contribution in [3.63, 3.8) is 0 Å². The first kappa shape index (κ1) is 17.1. The first-order valence-electron chi connectivity index (χ1n) is 7.24. The molecule has 0 aromatic carbocycles. The van der Waals surface area contributed by atoms with E-state index in [2.05, 4.69) is 36.4 Å². The van der Waals surface area contributed by atoms with E-state index >= 15 is 0 Å². The minimum Gasteiger partial charge on any atom is -0.480 e. The van der Waals surface area contributed by atoms with E-state index in [1.165, 1.54) is 19.0 Å². The Bertz CT molecular complexity index is 482. The van der Waals surface area contributed by atoms with Crippen molar-refractivity contribution < 1.29 is 14.7 Å². The number of aliphatic carboxylic acids is 1. The van der Waals surface area contributed by atoms with Crippen molar-refractivity contribution in [2.24, 2.45) is 5.41 Å². The van der Waals surface area contributed by atoms with Crippen LogP contribution in [-0.4, -0.2) is 38.5 Å². The number of carbonyl (C=O) groups excluding carboxylic acids is 1. The van der Waals surface area contributed by atoms with Gasteiger partial charge in [-0.05, 0) is 11.8 Å². The molecular formula is C14H24N4O3. The molecule has 118 valence electrons. The van der Waals surface area contributed by atoms with Crippen LogP contribution in [0.25, 0.3) is 0 Å². The van der Waals surface area contributed by atoms with Gasteiger partial charge in [-0.3, -0.25) is 9.59 Å². The number of rotatable bonds is 9. The van der Waals surface area contributed by atoms with Gasteiger partial charge in [0.2, 0.25) is 0 Å². The molecule has 0 spiro atoms. The number of carbonyl (C=O) groups is 2. The van der Waals surface area contributed by atoms with Crippen molar-refractivity contribution in [3.05, 3.63) is 11.9 Å². The maximum atomic E-state index is 11.9. The van der Waals surface area contributed by atoms with E-state index in [0.717, 1.165) is 17.5 Å². The molecule has 0 saturated carbocycles. The molecule has 0 aliphatic rings. The number of hydrogen-bond acceptors (Lipinski definition) is 4. The molecule has 2 N–H and O–H groups in total. The zero-order valence-corrected chi connectivity index (χ0v) is 12.9. The molecule has 21 heavy (non-hydrogen) atoms. The summed E-state index contributed by atoms with van der Waals surface area (Å²) in [5, 5.41) is 18.8. The van der Waals surface area contributed by atoms with E-state index in [0.29, 0.717) is 6.54 Å². The fourth-order valence-electron chi connectivity index (χ4n) is 1.97. The second kappa shape index (κ2) is 7.75. The van der Waals surface area contributed by atoms with Gasteiger partial charge in [0.1, 0.15) is 6.54 Å². The van der Waals surface area contributed by atoms with E-state index in [4.69, 9.17) is 5.11 Å². The van der Waals surface area contributed by atoms with Crippen LogP contribution in [-0.2, 0) is 11.3 Å². The minimum atomic E-state index is -1.02. The van der Waals surface area contributed by atoms with Gasteiger partial charge in [0, 0.05) is 6.54 Å². The average molecular weight is 296 g/mol. The summed E-state index contributed by atoms with van der Waals surface area (Å²) in [5.74, 6) is -1.35. The summed E-state index contributed by atoms with van der Waals surface area (Å²) in [6.07, 6.45) is 5.91. The van der Waals surface area contributed by atoms with Gasteiger partial charge in [0.05, 0.1) is 6.20 Å². The quantitative estimate of drug-likeness (QED) is 0.676. The molecule has 1 aromatic rings. The van der Waals surface area contributed by atoms with Crippen molar-refractivity contribution in [1.82, 2.24) is 20.3 Å². The van der Waals surface area contributed by atoms with Gasteiger partial charge < -0.3 is 10.4 Å². The number of hydrogen-bond donors (Lipinski definition) is 2. The molecule has 1 rings (SSSR count). The van der Waals surface area contributed by atoms with Gasteiger partial charge in [-0.1, -0.05) is 45.2 Å². The van der Waals surface area contributed by atoms with Gasteiger partial charge in [-0.15, -0.1) is 5.10 Å². The number of amides is 1. The van der Waals surface area contributed by atoms with Crippen LogP contribution in [0.3, 0.4) is 0 Å². The Balaban J connectivity index is 2.45. The van der Waals surface area contributed by atoms with E-state index in [9.17, 15) is 9.59 Å². The lowest BCUT2D eigenvalue weighted by Gasteiger charge is -2.24. The summed E-state index contributed by atoms with van der Waals surface area (Å²) >= 11 is 0. The summed E-state index contributed by atoms with van der Waals surface area (Å²) in [5.41, 5.74) is 0.169. The predicted molar refractivity (Wildman–Crippen MR) is 77.9 cm³/mol. The van der Waals surface area contributed by atoms with Crippen LogP contribution >= 0.6 is 0 Å². The fourth-order valence-corrected chi connectivity index (χ4v) is 1.97. The molecule has 0 aliphatic carbocycles. The van der Waals surface area contributed by atoms with E-state index in [1.807, 2.05) is 0 Å². The van der Waals surface area contributed by atoms with Gasteiger partial charge in [0.15, 0.2) is 5.69 Å². The standard InChI is InChI=1S/C14H24N4O3/c1-4-5-6-7-14(2,3)10-15-13(21)11-8-18(17-16-11)9-12(19)20/h8H,4-7,9-10H2,1-3H3,(H,15,21)(H,19,20). The summed E-state index contributed by atoms with van der Waals surface area (Å²) in [6, 6.07) is 0. The Morgan fingerprint density at radius 1 is 1.38 bits per heavy atom. The number of unbranched alkanes of at least 4 members (excludes halogenated alkanes) is 2. The summed E-state index contributed by atoms with van der Waals surface area (Å²) in [7, 11) is 0. The number of nitrogens with one attached hydrogen (secondary N) is 1. The molecule has 0 fully saturated rings. The third kappa shape index (κ3) is 6.37. The van der Waals surface area contributed by atoms with Crippen molar-refractivity contribution in [2.45, 2.75) is 53.0 Å². The third-order valence-electron chi connectivity index (χ3n) is 3.25. The molecule has 0 saturated heterocycles. The van der Waals surface area contributed by atoms with Crippen LogP contribution in [0.4, 0.5) is 0 Å². The molecule has 1 aromatic heterocycles. The van der Waals surface area contributed by atoms with Crippen LogP contribution in [0.1, 0.15) is 56.9 Å². The van der Waals surface area contributed by atoms with Crippen LogP contribution in [0.5, 0.6) is 0 Å². The molecule has 7 nitrogen and oxygen atoms in total. The predicted octanol–water partition coefficient (Wildman–Crippen LogP) is 1.70. The van der Waals surface area contributed by atoms with Crippen molar-refractivity contribution in [2.75, 3.05) is 6.54 Å². The Kier molecular flexibility index (Phi) is 6.33. The van der Waals surface area contributed by atoms with Gasteiger partial charge in [-0.25, -0.2) is 4.68 Å². The van der Waals surface area contributed by atoms with E-state index in [-0.39, 0.29) is 23.6 Å². The lowest BCUT2D eigenvalue weighted by molar-refractivity contribution is -0.137. The average Bonchev–Trinajstić information content (AvgIpc) is 2.84. The Morgan fingerprint density at radius 2 is 2.10 bits per heavy atom. The molecule has 0 radical (unpaired) electrons. The van der Waals surface area contributed by atoms with Crippen LogP contribution in [0, 0.1) is 5.41 Å². The highest BCUT2D eigenvalue weighted by molar-refractivity contribution is 5.91. The first-order valence-corrected chi connectivity index (χ1v) is 7.24. The van der Waals surface area contributed by atoms with Crippen molar-refractivity contribution in [3.8, 4) is 0 Å². The summed E-state index contributed by atoms with van der Waals surface area (Å²) in [4.78, 5) is 22.5. The zero-order valence-electron chi connectivity index (χ0n) is 12.9. The highest BCUT2D eigenvalue weighted by Gasteiger charge is 2.20. The van der Waals surface area contributed by atoms with Crippen LogP contribution in [0.2, 0.25) is 0 Å². The molecule has 0 aliphatic heterocycles.